The van der Waals surface area contributed by atoms with Crippen molar-refractivity contribution >= 4 is 42.0 Å². The minimum absolute atomic E-state index is 0.238. The first-order chi connectivity index (χ1) is 5.41. The Balaban J connectivity index is 3.33. The summed E-state index contributed by atoms with van der Waals surface area (Å²) in [7, 11) is -4.16. The highest BCUT2D eigenvalue weighted by Gasteiger charge is 2.11. The molecule has 1 aromatic heterocycles. The number of pyridine rings is 1. The molecule has 0 atom stereocenters. The van der Waals surface area contributed by atoms with Gasteiger partial charge in [-0.05, 0) is 37.9 Å². The summed E-state index contributed by atoms with van der Waals surface area (Å²) in [4.78, 5) is 3.44. The highest BCUT2D eigenvalue weighted by molar-refractivity contribution is 9.13. The molecule has 0 radical (unpaired) electrons. The molecule has 0 fully saturated rings. The van der Waals surface area contributed by atoms with E-state index in [1.54, 1.807) is 0 Å². The molecular formula is C5H3Br2NO3S. The fraction of sp³-hybridized carbons (Fsp3) is 0. The Bertz CT molecular complexity index is 403. The Hall–Kier alpha value is 0.0200. The highest BCUT2D eigenvalue weighted by Crippen LogP contribution is 2.22. The minimum atomic E-state index is -4.16. The third-order valence-electron chi connectivity index (χ3n) is 1.07. The maximum absolute atomic E-state index is 10.6. The summed E-state index contributed by atoms with van der Waals surface area (Å²) in [5.74, 6) is 0. The fourth-order valence-electron chi connectivity index (χ4n) is 0.545. The number of nitrogens with zero attached hydrogens (tertiary/aromatic N) is 1. The number of hydrogen-bond donors (Lipinski definition) is 1. The van der Waals surface area contributed by atoms with Crippen LogP contribution < -0.4 is 0 Å². The summed E-state index contributed by atoms with van der Waals surface area (Å²) < 4.78 is 30.7. The van der Waals surface area contributed by atoms with E-state index >= 15 is 0 Å². The number of aromatic nitrogens is 1. The monoisotopic (exact) mass is 315 g/mol. The lowest BCUT2D eigenvalue weighted by molar-refractivity contribution is 0.482. The Morgan fingerprint density at radius 2 is 2.00 bits per heavy atom. The van der Waals surface area contributed by atoms with Gasteiger partial charge in [0.2, 0.25) is 0 Å². The van der Waals surface area contributed by atoms with Crippen LogP contribution in [0.2, 0.25) is 0 Å². The van der Waals surface area contributed by atoms with E-state index in [1.807, 2.05) is 0 Å². The van der Waals surface area contributed by atoms with E-state index in [1.165, 1.54) is 6.07 Å². The van der Waals surface area contributed by atoms with E-state index in [9.17, 15) is 8.42 Å². The number of hydrogen-bond acceptors (Lipinski definition) is 3. The number of rotatable bonds is 1. The third-order valence-corrected chi connectivity index (χ3v) is 3.66. The van der Waals surface area contributed by atoms with Gasteiger partial charge >= 0.3 is 0 Å². The molecule has 0 amide bonds. The second-order valence-electron chi connectivity index (χ2n) is 1.92. The zero-order valence-corrected chi connectivity index (χ0v) is 9.52. The van der Waals surface area contributed by atoms with Gasteiger partial charge < -0.3 is 0 Å². The van der Waals surface area contributed by atoms with Gasteiger partial charge in [-0.3, -0.25) is 4.55 Å². The van der Waals surface area contributed by atoms with Crippen LogP contribution in [0.4, 0.5) is 0 Å². The first kappa shape index (κ1) is 10.1. The Labute approximate surface area is 86.0 Å². The van der Waals surface area contributed by atoms with Crippen molar-refractivity contribution in [1.82, 2.24) is 4.98 Å². The maximum atomic E-state index is 10.6. The molecule has 0 saturated heterocycles. The van der Waals surface area contributed by atoms with Crippen molar-refractivity contribution in [3.05, 3.63) is 21.3 Å². The molecule has 1 rings (SSSR count). The first-order valence-electron chi connectivity index (χ1n) is 2.70. The Morgan fingerprint density at radius 1 is 1.42 bits per heavy atom. The van der Waals surface area contributed by atoms with E-state index in [4.69, 9.17) is 4.55 Å². The van der Waals surface area contributed by atoms with E-state index in [2.05, 4.69) is 36.8 Å². The number of halogens is 2. The van der Waals surface area contributed by atoms with Crippen molar-refractivity contribution in [3.8, 4) is 0 Å². The molecular weight excluding hydrogens is 314 g/mol. The molecule has 7 heteroatoms. The van der Waals surface area contributed by atoms with Gasteiger partial charge in [0.15, 0.2) is 0 Å². The average molecular weight is 317 g/mol. The normalized spacial score (nSPS) is 11.6. The predicted molar refractivity (Wildman–Crippen MR) is 49.5 cm³/mol. The quantitative estimate of drug-likeness (QED) is 0.634. The van der Waals surface area contributed by atoms with Crippen LogP contribution in [0.3, 0.4) is 0 Å². The summed E-state index contributed by atoms with van der Waals surface area (Å²) >= 11 is 6.12. The van der Waals surface area contributed by atoms with Crippen LogP contribution in [0.1, 0.15) is 0 Å². The topological polar surface area (TPSA) is 67.3 Å². The van der Waals surface area contributed by atoms with Gasteiger partial charge in [0.25, 0.3) is 10.1 Å². The molecule has 0 spiro atoms. The van der Waals surface area contributed by atoms with E-state index < -0.39 is 10.1 Å². The van der Waals surface area contributed by atoms with Crippen molar-refractivity contribution in [2.24, 2.45) is 0 Å². The van der Waals surface area contributed by atoms with Crippen molar-refractivity contribution in [1.29, 1.82) is 0 Å². The van der Waals surface area contributed by atoms with E-state index in [0.717, 1.165) is 6.20 Å². The molecule has 0 aromatic carbocycles. The van der Waals surface area contributed by atoms with Crippen LogP contribution in [0.15, 0.2) is 26.2 Å². The summed E-state index contributed by atoms with van der Waals surface area (Å²) in [6.45, 7) is 0. The molecule has 0 aliphatic rings. The van der Waals surface area contributed by atoms with Crippen molar-refractivity contribution < 1.29 is 13.0 Å². The SMILES string of the molecule is O=S(=O)(O)c1cnc(Br)c(Br)c1. The minimum Gasteiger partial charge on any atom is -0.282 e. The molecule has 0 saturated carbocycles. The van der Waals surface area contributed by atoms with Gasteiger partial charge in [-0.25, -0.2) is 4.98 Å². The van der Waals surface area contributed by atoms with Crippen LogP contribution >= 0.6 is 31.9 Å². The van der Waals surface area contributed by atoms with Crippen LogP contribution in [0, 0.1) is 0 Å². The molecule has 0 aliphatic carbocycles. The van der Waals surface area contributed by atoms with Gasteiger partial charge in [-0.2, -0.15) is 8.42 Å². The lowest BCUT2D eigenvalue weighted by atomic mass is 10.5. The maximum Gasteiger partial charge on any atom is 0.296 e. The van der Waals surface area contributed by atoms with Crippen molar-refractivity contribution in [3.63, 3.8) is 0 Å². The van der Waals surface area contributed by atoms with Gasteiger partial charge in [0.05, 0.1) is 4.47 Å². The summed E-state index contributed by atoms with van der Waals surface area (Å²) in [6, 6.07) is 1.26. The third kappa shape index (κ3) is 2.25. The molecule has 0 bridgehead atoms. The lowest BCUT2D eigenvalue weighted by Gasteiger charge is -1.97. The molecule has 4 nitrogen and oxygen atoms in total. The van der Waals surface area contributed by atoms with Crippen molar-refractivity contribution in [2.75, 3.05) is 0 Å². The largest absolute Gasteiger partial charge is 0.296 e. The molecule has 12 heavy (non-hydrogen) atoms. The summed E-state index contributed by atoms with van der Waals surface area (Å²) in [6.07, 6.45) is 1.06. The Morgan fingerprint density at radius 3 is 2.42 bits per heavy atom. The average Bonchev–Trinajstić information content (AvgIpc) is 1.92. The van der Waals surface area contributed by atoms with Gasteiger partial charge in [0, 0.05) is 6.20 Å². The van der Waals surface area contributed by atoms with Crippen LogP contribution in [0.25, 0.3) is 0 Å². The van der Waals surface area contributed by atoms with Crippen LogP contribution in [0.5, 0.6) is 0 Å². The molecule has 0 aliphatic heterocycles. The molecule has 1 N–H and O–H groups in total. The molecule has 1 aromatic rings. The molecule has 1 heterocycles. The summed E-state index contributed by atoms with van der Waals surface area (Å²) in [5, 5.41) is 0. The molecule has 0 unspecified atom stereocenters. The predicted octanol–water partition coefficient (Wildman–Crippen LogP) is 1.85. The fourth-order valence-corrected chi connectivity index (χ4v) is 1.71. The van der Waals surface area contributed by atoms with Crippen LogP contribution in [-0.2, 0) is 10.1 Å². The van der Waals surface area contributed by atoms with E-state index in [0.29, 0.717) is 9.08 Å². The smallest absolute Gasteiger partial charge is 0.282 e. The van der Waals surface area contributed by atoms with E-state index in [-0.39, 0.29) is 4.90 Å². The van der Waals surface area contributed by atoms with Gasteiger partial charge in [0.1, 0.15) is 9.50 Å². The van der Waals surface area contributed by atoms with Gasteiger partial charge in [-0.1, -0.05) is 0 Å². The standard InChI is InChI=1S/C5H3Br2NO3S/c6-4-1-3(12(9,10)11)2-8-5(4)7/h1-2H,(H,9,10,11). The lowest BCUT2D eigenvalue weighted by Crippen LogP contribution is -1.98. The van der Waals surface area contributed by atoms with Gasteiger partial charge in [-0.15, -0.1) is 0 Å². The highest BCUT2D eigenvalue weighted by atomic mass is 79.9. The zero-order valence-electron chi connectivity index (χ0n) is 5.53. The molecule has 66 valence electrons. The second kappa shape index (κ2) is 3.41. The van der Waals surface area contributed by atoms with Crippen LogP contribution in [-0.4, -0.2) is 18.0 Å². The first-order valence-corrected chi connectivity index (χ1v) is 5.72. The van der Waals surface area contributed by atoms with Crippen molar-refractivity contribution in [2.45, 2.75) is 4.90 Å². The summed E-state index contributed by atoms with van der Waals surface area (Å²) in [5.41, 5.74) is 0. The zero-order chi connectivity index (χ0) is 9.35. The second-order valence-corrected chi connectivity index (χ2v) is 4.95. The Kier molecular flexibility index (Phi) is 2.87.